The van der Waals surface area contributed by atoms with Crippen LogP contribution in [-0.4, -0.2) is 53.5 Å². The van der Waals surface area contributed by atoms with E-state index in [1.165, 1.54) is 22.3 Å². The summed E-state index contributed by atoms with van der Waals surface area (Å²) in [7, 11) is 0. The quantitative estimate of drug-likeness (QED) is 0.391. The molecule has 2 N–H and O–H groups in total. The summed E-state index contributed by atoms with van der Waals surface area (Å²) >= 11 is 0. The standard InChI is InChI=1S/C26H34N6O/c1-2-27-26(29-19-23-9-4-6-11-25(23)21-32-13-7-12-30-32)28-18-22-8-3-5-10-24(22)20-31-14-16-33-17-15-31/h3-13H,2,14-21H2,1H3,(H2,27,28,29). The van der Waals surface area contributed by atoms with E-state index in [0.29, 0.717) is 13.1 Å². The lowest BCUT2D eigenvalue weighted by molar-refractivity contribution is 0.0341. The summed E-state index contributed by atoms with van der Waals surface area (Å²) < 4.78 is 7.44. The molecule has 7 heteroatoms. The summed E-state index contributed by atoms with van der Waals surface area (Å²) in [5.74, 6) is 0.826. The monoisotopic (exact) mass is 446 g/mol. The van der Waals surface area contributed by atoms with Crippen molar-refractivity contribution in [3.8, 4) is 0 Å². The lowest BCUT2D eigenvalue weighted by Gasteiger charge is -2.27. The molecule has 0 unspecified atom stereocenters. The number of benzene rings is 2. The number of ether oxygens (including phenoxy) is 1. The van der Waals surface area contributed by atoms with Gasteiger partial charge in [0, 0.05) is 45.1 Å². The van der Waals surface area contributed by atoms with Crippen LogP contribution in [0, 0.1) is 0 Å². The van der Waals surface area contributed by atoms with Gasteiger partial charge in [0.1, 0.15) is 0 Å². The van der Waals surface area contributed by atoms with E-state index in [1.807, 2.05) is 23.1 Å². The van der Waals surface area contributed by atoms with Gasteiger partial charge in [-0.1, -0.05) is 48.5 Å². The molecule has 2 heterocycles. The fraction of sp³-hybridized carbons (Fsp3) is 0.385. The zero-order chi connectivity index (χ0) is 22.7. The molecule has 0 radical (unpaired) electrons. The summed E-state index contributed by atoms with van der Waals surface area (Å²) in [5, 5.41) is 11.2. The van der Waals surface area contributed by atoms with Gasteiger partial charge < -0.3 is 15.4 Å². The second-order valence-electron chi connectivity index (χ2n) is 8.18. The number of morpholine rings is 1. The fourth-order valence-corrected chi connectivity index (χ4v) is 4.00. The van der Waals surface area contributed by atoms with Gasteiger partial charge in [-0.15, -0.1) is 0 Å². The van der Waals surface area contributed by atoms with E-state index in [9.17, 15) is 0 Å². The molecule has 2 aromatic carbocycles. The lowest BCUT2D eigenvalue weighted by atomic mass is 10.1. The predicted octanol–water partition coefficient (Wildman–Crippen LogP) is 3.02. The zero-order valence-corrected chi connectivity index (χ0v) is 19.4. The topological polar surface area (TPSA) is 66.7 Å². The van der Waals surface area contributed by atoms with Crippen molar-refractivity contribution in [2.75, 3.05) is 32.8 Å². The first-order chi connectivity index (χ1) is 16.3. The van der Waals surface area contributed by atoms with Gasteiger partial charge in [-0.3, -0.25) is 9.58 Å². The molecule has 1 aliphatic heterocycles. The molecular weight excluding hydrogens is 412 g/mol. The average molecular weight is 447 g/mol. The van der Waals surface area contributed by atoms with Crippen molar-refractivity contribution in [3.63, 3.8) is 0 Å². The molecule has 0 saturated carbocycles. The first-order valence-corrected chi connectivity index (χ1v) is 11.7. The molecule has 174 valence electrons. The Morgan fingerprint density at radius 1 is 0.909 bits per heavy atom. The molecule has 1 fully saturated rings. The number of hydrogen-bond donors (Lipinski definition) is 2. The Morgan fingerprint density at radius 3 is 2.30 bits per heavy atom. The Balaban J connectivity index is 1.41. The van der Waals surface area contributed by atoms with E-state index in [0.717, 1.165) is 51.9 Å². The Hall–Kier alpha value is -3.16. The Labute approximate surface area is 196 Å². The molecule has 0 aliphatic carbocycles. The maximum atomic E-state index is 5.49. The largest absolute Gasteiger partial charge is 0.379 e. The van der Waals surface area contributed by atoms with Crippen LogP contribution < -0.4 is 10.6 Å². The highest BCUT2D eigenvalue weighted by Crippen LogP contribution is 2.14. The van der Waals surface area contributed by atoms with Crippen molar-refractivity contribution in [1.29, 1.82) is 0 Å². The van der Waals surface area contributed by atoms with Crippen molar-refractivity contribution in [2.45, 2.75) is 33.1 Å². The summed E-state index contributed by atoms with van der Waals surface area (Å²) in [6, 6.07) is 19.0. The van der Waals surface area contributed by atoms with E-state index in [1.54, 1.807) is 0 Å². The molecule has 1 aromatic heterocycles. The fourth-order valence-electron chi connectivity index (χ4n) is 4.00. The van der Waals surface area contributed by atoms with Crippen LogP contribution in [0.3, 0.4) is 0 Å². The molecule has 1 aliphatic rings. The number of nitrogens with one attached hydrogen (secondary N) is 2. The van der Waals surface area contributed by atoms with Gasteiger partial charge in [0.15, 0.2) is 5.96 Å². The van der Waals surface area contributed by atoms with Gasteiger partial charge in [0.2, 0.25) is 0 Å². The van der Waals surface area contributed by atoms with Crippen LogP contribution in [0.5, 0.6) is 0 Å². The number of guanidine groups is 1. The SMILES string of the molecule is CCNC(=NCc1ccccc1CN1CCOCC1)NCc1ccccc1Cn1cccn1. The predicted molar refractivity (Wildman–Crippen MR) is 132 cm³/mol. The van der Waals surface area contributed by atoms with Crippen LogP contribution >= 0.6 is 0 Å². The van der Waals surface area contributed by atoms with E-state index in [2.05, 4.69) is 76.1 Å². The molecule has 0 atom stereocenters. The Morgan fingerprint density at radius 2 is 1.61 bits per heavy atom. The van der Waals surface area contributed by atoms with Gasteiger partial charge in [0.05, 0.1) is 26.3 Å². The van der Waals surface area contributed by atoms with E-state index in [-0.39, 0.29) is 0 Å². The number of nitrogens with zero attached hydrogens (tertiary/aromatic N) is 4. The molecule has 33 heavy (non-hydrogen) atoms. The van der Waals surface area contributed by atoms with Crippen LogP contribution in [-0.2, 0) is 30.9 Å². The van der Waals surface area contributed by atoms with Gasteiger partial charge in [0.25, 0.3) is 0 Å². The minimum Gasteiger partial charge on any atom is -0.379 e. The molecule has 7 nitrogen and oxygen atoms in total. The number of rotatable bonds is 9. The molecule has 0 amide bonds. The van der Waals surface area contributed by atoms with Crippen molar-refractivity contribution in [1.82, 2.24) is 25.3 Å². The molecule has 0 bridgehead atoms. The van der Waals surface area contributed by atoms with Crippen LogP contribution in [0.25, 0.3) is 0 Å². The summed E-state index contributed by atoms with van der Waals surface area (Å²) in [6.45, 7) is 9.56. The highest BCUT2D eigenvalue weighted by molar-refractivity contribution is 5.79. The third-order valence-corrected chi connectivity index (χ3v) is 5.82. The number of aliphatic imine (C=N–C) groups is 1. The van der Waals surface area contributed by atoms with E-state index >= 15 is 0 Å². The molecule has 1 saturated heterocycles. The maximum absolute atomic E-state index is 5.49. The van der Waals surface area contributed by atoms with Gasteiger partial charge >= 0.3 is 0 Å². The van der Waals surface area contributed by atoms with Crippen LogP contribution in [0.1, 0.15) is 29.2 Å². The Kier molecular flexibility index (Phi) is 8.49. The molecule has 3 aromatic rings. The lowest BCUT2D eigenvalue weighted by Crippen LogP contribution is -2.37. The minimum atomic E-state index is 0.644. The first kappa shape index (κ1) is 23.0. The zero-order valence-electron chi connectivity index (χ0n) is 19.4. The first-order valence-electron chi connectivity index (χ1n) is 11.7. The molecule has 0 spiro atoms. The van der Waals surface area contributed by atoms with Crippen molar-refractivity contribution in [3.05, 3.63) is 89.2 Å². The van der Waals surface area contributed by atoms with Crippen molar-refractivity contribution in [2.24, 2.45) is 4.99 Å². The summed E-state index contributed by atoms with van der Waals surface area (Å²) in [6.07, 6.45) is 3.80. The molecule has 4 rings (SSSR count). The van der Waals surface area contributed by atoms with Gasteiger partial charge in [-0.25, -0.2) is 4.99 Å². The van der Waals surface area contributed by atoms with Crippen molar-refractivity contribution >= 4 is 5.96 Å². The third-order valence-electron chi connectivity index (χ3n) is 5.82. The highest BCUT2D eigenvalue weighted by atomic mass is 16.5. The van der Waals surface area contributed by atoms with Crippen LogP contribution in [0.2, 0.25) is 0 Å². The van der Waals surface area contributed by atoms with E-state index in [4.69, 9.17) is 9.73 Å². The highest BCUT2D eigenvalue weighted by Gasteiger charge is 2.12. The average Bonchev–Trinajstić information content (AvgIpc) is 3.36. The van der Waals surface area contributed by atoms with Crippen LogP contribution in [0.15, 0.2) is 72.0 Å². The Bertz CT molecular complexity index is 1010. The second kappa shape index (κ2) is 12.2. The second-order valence-corrected chi connectivity index (χ2v) is 8.18. The van der Waals surface area contributed by atoms with Gasteiger partial charge in [-0.05, 0) is 35.2 Å². The number of aromatic nitrogens is 2. The molecular formula is C26H34N6O. The van der Waals surface area contributed by atoms with Crippen molar-refractivity contribution < 1.29 is 4.74 Å². The van der Waals surface area contributed by atoms with Crippen LogP contribution in [0.4, 0.5) is 0 Å². The smallest absolute Gasteiger partial charge is 0.191 e. The summed E-state index contributed by atoms with van der Waals surface area (Å²) in [5.41, 5.74) is 5.09. The maximum Gasteiger partial charge on any atom is 0.191 e. The normalized spacial score (nSPS) is 14.9. The third kappa shape index (κ3) is 6.91. The van der Waals surface area contributed by atoms with Gasteiger partial charge in [-0.2, -0.15) is 5.10 Å². The van der Waals surface area contributed by atoms with E-state index < -0.39 is 0 Å². The summed E-state index contributed by atoms with van der Waals surface area (Å²) in [4.78, 5) is 7.34. The minimum absolute atomic E-state index is 0.644. The number of hydrogen-bond acceptors (Lipinski definition) is 4.